The highest BCUT2D eigenvalue weighted by molar-refractivity contribution is 6.33. The van der Waals surface area contributed by atoms with Gasteiger partial charge in [0, 0.05) is 6.54 Å². The summed E-state index contributed by atoms with van der Waals surface area (Å²) in [6.45, 7) is 3.67. The van der Waals surface area contributed by atoms with Crippen molar-refractivity contribution in [1.29, 1.82) is 0 Å². The van der Waals surface area contributed by atoms with Crippen LogP contribution in [0.15, 0.2) is 48.5 Å². The number of benzene rings is 2. The first kappa shape index (κ1) is 14.7. The van der Waals surface area contributed by atoms with Gasteiger partial charge in [0.05, 0.1) is 17.3 Å². The number of rotatable bonds is 7. The first-order valence-electron chi connectivity index (χ1n) is 6.99. The van der Waals surface area contributed by atoms with Crippen LogP contribution >= 0.6 is 11.6 Å². The molecular formula is C17H20ClNO. The smallest absolute Gasteiger partial charge is 0.119 e. The molecule has 0 amide bonds. The van der Waals surface area contributed by atoms with E-state index in [1.165, 1.54) is 5.56 Å². The van der Waals surface area contributed by atoms with Crippen LogP contribution in [-0.4, -0.2) is 6.61 Å². The minimum absolute atomic E-state index is 0.731. The fourth-order valence-electron chi connectivity index (χ4n) is 1.88. The van der Waals surface area contributed by atoms with Crippen molar-refractivity contribution in [2.24, 2.45) is 0 Å². The first-order chi connectivity index (χ1) is 9.79. The molecule has 0 saturated heterocycles. The number of ether oxygens (including phenoxy) is 1. The van der Waals surface area contributed by atoms with Crippen molar-refractivity contribution >= 4 is 17.3 Å². The van der Waals surface area contributed by atoms with Crippen LogP contribution in [0.3, 0.4) is 0 Å². The fraction of sp³-hybridized carbons (Fsp3) is 0.294. The zero-order chi connectivity index (χ0) is 14.2. The van der Waals surface area contributed by atoms with Crippen LogP contribution in [0.5, 0.6) is 5.75 Å². The second kappa shape index (κ2) is 7.81. The van der Waals surface area contributed by atoms with Gasteiger partial charge in [-0.1, -0.05) is 49.2 Å². The number of anilines is 1. The summed E-state index contributed by atoms with van der Waals surface area (Å²) in [7, 11) is 0. The molecule has 20 heavy (non-hydrogen) atoms. The minimum atomic E-state index is 0.731. The Labute approximate surface area is 125 Å². The summed E-state index contributed by atoms with van der Waals surface area (Å²) in [5.41, 5.74) is 2.13. The standard InChI is InChI=1S/C17H20ClNO/c1-2-3-11-20-15-8-6-7-14(12-15)13-19-17-10-5-4-9-16(17)18/h4-10,12,19H,2-3,11,13H2,1H3. The maximum Gasteiger partial charge on any atom is 0.119 e. The lowest BCUT2D eigenvalue weighted by Gasteiger charge is -2.10. The molecule has 2 nitrogen and oxygen atoms in total. The number of nitrogens with one attached hydrogen (secondary N) is 1. The van der Waals surface area contributed by atoms with Gasteiger partial charge in [-0.25, -0.2) is 0 Å². The van der Waals surface area contributed by atoms with Crippen molar-refractivity contribution in [2.45, 2.75) is 26.3 Å². The van der Waals surface area contributed by atoms with Gasteiger partial charge < -0.3 is 10.1 Å². The summed E-state index contributed by atoms with van der Waals surface area (Å²) < 4.78 is 5.71. The van der Waals surface area contributed by atoms with Crippen LogP contribution in [0.1, 0.15) is 25.3 Å². The predicted octanol–water partition coefficient (Wildman–Crippen LogP) is 5.13. The lowest BCUT2D eigenvalue weighted by atomic mass is 10.2. The van der Waals surface area contributed by atoms with Gasteiger partial charge in [-0.05, 0) is 36.2 Å². The molecule has 0 unspecified atom stereocenters. The Bertz CT molecular complexity index is 542. The normalized spacial score (nSPS) is 10.3. The van der Waals surface area contributed by atoms with E-state index in [1.807, 2.05) is 36.4 Å². The van der Waals surface area contributed by atoms with Gasteiger partial charge in [0.15, 0.2) is 0 Å². The average molecular weight is 290 g/mol. The maximum absolute atomic E-state index is 6.12. The Kier molecular flexibility index (Phi) is 5.75. The van der Waals surface area contributed by atoms with Crippen molar-refractivity contribution < 1.29 is 4.74 Å². The van der Waals surface area contributed by atoms with Crippen molar-refractivity contribution in [3.63, 3.8) is 0 Å². The molecule has 0 bridgehead atoms. The molecule has 0 aliphatic carbocycles. The van der Waals surface area contributed by atoms with Crippen molar-refractivity contribution in [2.75, 3.05) is 11.9 Å². The van der Waals surface area contributed by atoms with Gasteiger partial charge in [-0.2, -0.15) is 0 Å². The Hall–Kier alpha value is -1.67. The summed E-state index contributed by atoms with van der Waals surface area (Å²) in [5, 5.41) is 4.07. The van der Waals surface area contributed by atoms with Gasteiger partial charge in [0.1, 0.15) is 5.75 Å². The second-order valence-electron chi connectivity index (χ2n) is 4.68. The van der Waals surface area contributed by atoms with E-state index >= 15 is 0 Å². The Balaban J connectivity index is 1.93. The lowest BCUT2D eigenvalue weighted by Crippen LogP contribution is -2.01. The molecule has 0 aliphatic rings. The molecule has 3 heteroatoms. The molecule has 1 N–H and O–H groups in total. The van der Waals surface area contributed by atoms with Gasteiger partial charge in [-0.3, -0.25) is 0 Å². The van der Waals surface area contributed by atoms with E-state index in [-0.39, 0.29) is 0 Å². The summed E-state index contributed by atoms with van der Waals surface area (Å²) in [6.07, 6.45) is 2.23. The summed E-state index contributed by atoms with van der Waals surface area (Å²) in [6, 6.07) is 15.9. The van der Waals surface area contributed by atoms with E-state index in [1.54, 1.807) is 0 Å². The topological polar surface area (TPSA) is 21.3 Å². The summed E-state index contributed by atoms with van der Waals surface area (Å²) >= 11 is 6.12. The third-order valence-electron chi connectivity index (χ3n) is 3.02. The molecule has 2 aromatic rings. The van der Waals surface area contributed by atoms with Crippen LogP contribution in [0, 0.1) is 0 Å². The molecule has 0 heterocycles. The average Bonchev–Trinajstić information content (AvgIpc) is 2.47. The van der Waals surface area contributed by atoms with Crippen LogP contribution in [0.2, 0.25) is 5.02 Å². The van der Waals surface area contributed by atoms with Crippen LogP contribution in [0.25, 0.3) is 0 Å². The SMILES string of the molecule is CCCCOc1cccc(CNc2ccccc2Cl)c1. The molecule has 0 fully saturated rings. The number of halogens is 1. The minimum Gasteiger partial charge on any atom is -0.494 e. The van der Waals surface area contributed by atoms with Crippen molar-refractivity contribution in [3.05, 3.63) is 59.1 Å². The van der Waals surface area contributed by atoms with Crippen molar-refractivity contribution in [1.82, 2.24) is 0 Å². The molecule has 0 spiro atoms. The molecule has 2 rings (SSSR count). The third kappa shape index (κ3) is 4.46. The Morgan fingerprint density at radius 2 is 1.95 bits per heavy atom. The first-order valence-corrected chi connectivity index (χ1v) is 7.37. The highest BCUT2D eigenvalue weighted by Crippen LogP contribution is 2.22. The van der Waals surface area contributed by atoms with E-state index in [4.69, 9.17) is 16.3 Å². The maximum atomic E-state index is 6.12. The summed E-state index contributed by atoms with van der Waals surface area (Å²) in [5.74, 6) is 0.928. The highest BCUT2D eigenvalue weighted by atomic mass is 35.5. The van der Waals surface area contributed by atoms with Gasteiger partial charge in [-0.15, -0.1) is 0 Å². The van der Waals surface area contributed by atoms with Gasteiger partial charge >= 0.3 is 0 Å². The molecule has 106 valence electrons. The number of hydrogen-bond donors (Lipinski definition) is 1. The van der Waals surface area contributed by atoms with E-state index in [0.29, 0.717) is 0 Å². The Morgan fingerprint density at radius 1 is 1.10 bits per heavy atom. The van der Waals surface area contributed by atoms with Crippen molar-refractivity contribution in [3.8, 4) is 5.75 Å². The Morgan fingerprint density at radius 3 is 2.75 bits per heavy atom. The zero-order valence-corrected chi connectivity index (χ0v) is 12.5. The van der Waals surface area contributed by atoms with E-state index in [2.05, 4.69) is 24.4 Å². The monoisotopic (exact) mass is 289 g/mol. The van der Waals surface area contributed by atoms with Crippen LogP contribution in [0.4, 0.5) is 5.69 Å². The fourth-order valence-corrected chi connectivity index (χ4v) is 2.08. The molecule has 0 aliphatic heterocycles. The quantitative estimate of drug-likeness (QED) is 0.713. The van der Waals surface area contributed by atoms with Crippen LogP contribution < -0.4 is 10.1 Å². The number of para-hydroxylation sites is 1. The number of unbranched alkanes of at least 4 members (excludes halogenated alkanes) is 1. The van der Waals surface area contributed by atoms with Crippen LogP contribution in [-0.2, 0) is 6.54 Å². The third-order valence-corrected chi connectivity index (χ3v) is 3.35. The number of hydrogen-bond acceptors (Lipinski definition) is 2. The molecule has 0 saturated carbocycles. The molecule has 2 aromatic carbocycles. The molecular weight excluding hydrogens is 270 g/mol. The highest BCUT2D eigenvalue weighted by Gasteiger charge is 2.00. The predicted molar refractivity (Wildman–Crippen MR) is 85.6 cm³/mol. The lowest BCUT2D eigenvalue weighted by molar-refractivity contribution is 0.309. The summed E-state index contributed by atoms with van der Waals surface area (Å²) in [4.78, 5) is 0. The van der Waals surface area contributed by atoms with Gasteiger partial charge in [0.2, 0.25) is 0 Å². The van der Waals surface area contributed by atoms with E-state index in [9.17, 15) is 0 Å². The molecule has 0 aromatic heterocycles. The van der Waals surface area contributed by atoms with E-state index in [0.717, 1.165) is 42.5 Å². The zero-order valence-electron chi connectivity index (χ0n) is 11.7. The molecule has 0 radical (unpaired) electrons. The largest absolute Gasteiger partial charge is 0.494 e. The second-order valence-corrected chi connectivity index (χ2v) is 5.09. The molecule has 0 atom stereocenters. The van der Waals surface area contributed by atoms with Gasteiger partial charge in [0.25, 0.3) is 0 Å². The van der Waals surface area contributed by atoms with E-state index < -0.39 is 0 Å².